The molecule has 2 amide bonds. The maximum Gasteiger partial charge on any atom is 0.243 e. The Morgan fingerprint density at radius 2 is 1.88 bits per heavy atom. The summed E-state index contributed by atoms with van der Waals surface area (Å²) >= 11 is 0. The number of carbonyl (C=O) groups is 2. The maximum absolute atomic E-state index is 12.8. The van der Waals surface area contributed by atoms with Crippen molar-refractivity contribution in [3.05, 3.63) is 66.1 Å². The highest BCUT2D eigenvalue weighted by Gasteiger charge is 2.23. The van der Waals surface area contributed by atoms with Crippen LogP contribution >= 0.6 is 0 Å². The molecule has 6 nitrogen and oxygen atoms in total. The van der Waals surface area contributed by atoms with Crippen LogP contribution < -0.4 is 10.6 Å². The number of benzene rings is 1. The number of aromatic nitrogens is 2. The van der Waals surface area contributed by atoms with Gasteiger partial charge >= 0.3 is 0 Å². The number of nitrogens with zero attached hydrogens (tertiary/aromatic N) is 1. The number of hydrogen-bond donors (Lipinski definition) is 3. The van der Waals surface area contributed by atoms with Crippen molar-refractivity contribution in [2.75, 3.05) is 0 Å². The van der Waals surface area contributed by atoms with E-state index in [9.17, 15) is 9.59 Å². The average molecular weight is 350 g/mol. The number of hydrogen-bond acceptors (Lipinski definition) is 3. The lowest BCUT2D eigenvalue weighted by Gasteiger charge is -2.20. The maximum atomic E-state index is 12.8. The van der Waals surface area contributed by atoms with Gasteiger partial charge in [-0.05, 0) is 30.7 Å². The first kappa shape index (κ1) is 17.7. The highest BCUT2D eigenvalue weighted by Crippen LogP contribution is 2.19. The Morgan fingerprint density at radius 3 is 2.62 bits per heavy atom. The van der Waals surface area contributed by atoms with E-state index in [1.165, 1.54) is 6.92 Å². The van der Waals surface area contributed by atoms with Gasteiger partial charge in [0.25, 0.3) is 0 Å². The Balaban J connectivity index is 1.77. The predicted molar refractivity (Wildman–Crippen MR) is 100 cm³/mol. The number of rotatable bonds is 6. The van der Waals surface area contributed by atoms with Gasteiger partial charge in [0, 0.05) is 36.6 Å². The van der Waals surface area contributed by atoms with Crippen LogP contribution in [0.5, 0.6) is 0 Å². The topological polar surface area (TPSA) is 86.9 Å². The molecule has 3 aromatic rings. The molecule has 6 heteroatoms. The lowest BCUT2D eigenvalue weighted by atomic mass is 10.0. The van der Waals surface area contributed by atoms with Crippen molar-refractivity contribution in [2.24, 2.45) is 0 Å². The first-order chi connectivity index (χ1) is 12.5. The van der Waals surface area contributed by atoms with Gasteiger partial charge < -0.3 is 15.6 Å². The van der Waals surface area contributed by atoms with Crippen LogP contribution in [0.1, 0.15) is 31.1 Å². The monoisotopic (exact) mass is 350 g/mol. The summed E-state index contributed by atoms with van der Waals surface area (Å²) < 4.78 is 0. The molecular weight excluding hydrogens is 328 g/mol. The third kappa shape index (κ3) is 4.08. The summed E-state index contributed by atoms with van der Waals surface area (Å²) in [6.07, 6.45) is 3.98. The second-order valence-corrected chi connectivity index (χ2v) is 6.30. The summed E-state index contributed by atoms with van der Waals surface area (Å²) in [5.41, 5.74) is 2.76. The van der Waals surface area contributed by atoms with Gasteiger partial charge in [-0.25, -0.2) is 0 Å². The minimum atomic E-state index is -0.655. The third-order valence-electron chi connectivity index (χ3n) is 4.28. The van der Waals surface area contributed by atoms with Crippen molar-refractivity contribution in [3.8, 4) is 0 Å². The lowest BCUT2D eigenvalue weighted by Crippen LogP contribution is -2.48. The van der Waals surface area contributed by atoms with Gasteiger partial charge in [-0.2, -0.15) is 0 Å². The SMILES string of the molecule is CC(=O)N[C@@H](Cc1c[nH]c2ccccc12)C(=O)N[C@H](C)c1ccccn1. The Labute approximate surface area is 152 Å². The Hall–Kier alpha value is -3.15. The molecule has 2 heterocycles. The number of fused-ring (bicyclic) bond motifs is 1. The van der Waals surface area contributed by atoms with Crippen molar-refractivity contribution in [3.63, 3.8) is 0 Å². The number of para-hydroxylation sites is 1. The molecule has 0 bridgehead atoms. The van der Waals surface area contributed by atoms with Gasteiger partial charge in [0.15, 0.2) is 0 Å². The van der Waals surface area contributed by atoms with Crippen molar-refractivity contribution >= 4 is 22.7 Å². The summed E-state index contributed by atoms with van der Waals surface area (Å²) in [6, 6.07) is 12.6. The quantitative estimate of drug-likeness (QED) is 0.638. The molecule has 0 fully saturated rings. The molecule has 134 valence electrons. The second-order valence-electron chi connectivity index (χ2n) is 6.30. The molecule has 26 heavy (non-hydrogen) atoms. The molecule has 1 aromatic carbocycles. The van der Waals surface area contributed by atoms with E-state index in [4.69, 9.17) is 0 Å². The van der Waals surface area contributed by atoms with Crippen LogP contribution in [0, 0.1) is 0 Å². The highest BCUT2D eigenvalue weighted by atomic mass is 16.2. The van der Waals surface area contributed by atoms with E-state index in [2.05, 4.69) is 20.6 Å². The molecule has 0 saturated carbocycles. The van der Waals surface area contributed by atoms with Crippen LogP contribution in [0.2, 0.25) is 0 Å². The first-order valence-corrected chi connectivity index (χ1v) is 8.58. The second kappa shape index (κ2) is 7.82. The first-order valence-electron chi connectivity index (χ1n) is 8.58. The number of nitrogens with one attached hydrogen (secondary N) is 3. The average Bonchev–Trinajstić information content (AvgIpc) is 3.04. The molecule has 0 saturated heterocycles. The molecule has 0 radical (unpaired) electrons. The van der Waals surface area contributed by atoms with E-state index < -0.39 is 6.04 Å². The number of amides is 2. The van der Waals surface area contributed by atoms with Crippen LogP contribution in [-0.2, 0) is 16.0 Å². The van der Waals surface area contributed by atoms with E-state index in [1.54, 1.807) is 6.20 Å². The Morgan fingerprint density at radius 1 is 1.12 bits per heavy atom. The Kier molecular flexibility index (Phi) is 5.31. The molecule has 0 aliphatic rings. The van der Waals surface area contributed by atoms with Gasteiger partial charge in [-0.15, -0.1) is 0 Å². The van der Waals surface area contributed by atoms with Crippen molar-refractivity contribution in [1.29, 1.82) is 0 Å². The normalized spacial score (nSPS) is 13.2. The molecule has 3 N–H and O–H groups in total. The summed E-state index contributed by atoms with van der Waals surface area (Å²) in [4.78, 5) is 31.8. The van der Waals surface area contributed by atoms with E-state index >= 15 is 0 Å². The van der Waals surface area contributed by atoms with E-state index in [-0.39, 0.29) is 17.9 Å². The van der Waals surface area contributed by atoms with Gasteiger partial charge in [-0.1, -0.05) is 24.3 Å². The summed E-state index contributed by atoms with van der Waals surface area (Å²) in [5, 5.41) is 6.74. The van der Waals surface area contributed by atoms with E-state index in [0.717, 1.165) is 22.2 Å². The standard InChI is InChI=1S/C20H22N4O2/c1-13(17-8-5-6-10-21-17)23-20(26)19(24-14(2)25)11-15-12-22-18-9-4-3-7-16(15)18/h3-10,12-13,19,22H,11H2,1-2H3,(H,23,26)(H,24,25)/t13-,19+/m1/s1. The molecule has 3 rings (SSSR count). The number of pyridine rings is 1. The third-order valence-corrected chi connectivity index (χ3v) is 4.28. The van der Waals surface area contributed by atoms with Crippen LogP contribution in [0.3, 0.4) is 0 Å². The number of carbonyl (C=O) groups excluding carboxylic acids is 2. The predicted octanol–water partition coefficient (Wildman–Crippen LogP) is 2.49. The van der Waals surface area contributed by atoms with Crippen molar-refractivity contribution in [1.82, 2.24) is 20.6 Å². The molecule has 0 aliphatic heterocycles. The largest absolute Gasteiger partial charge is 0.361 e. The van der Waals surface area contributed by atoms with Crippen LogP contribution in [-0.4, -0.2) is 27.8 Å². The summed E-state index contributed by atoms with van der Waals surface area (Å²) in [5.74, 6) is -0.473. The fraction of sp³-hybridized carbons (Fsp3) is 0.250. The van der Waals surface area contributed by atoms with E-state index in [1.807, 2.05) is 55.6 Å². The number of H-pyrrole nitrogens is 1. The minimum absolute atomic E-state index is 0.233. The number of aromatic amines is 1. The van der Waals surface area contributed by atoms with Gasteiger partial charge in [0.1, 0.15) is 6.04 Å². The Bertz CT molecular complexity index is 904. The highest BCUT2D eigenvalue weighted by molar-refractivity contribution is 5.89. The summed E-state index contributed by atoms with van der Waals surface area (Å²) in [7, 11) is 0. The molecule has 2 aromatic heterocycles. The van der Waals surface area contributed by atoms with Crippen LogP contribution in [0.4, 0.5) is 0 Å². The van der Waals surface area contributed by atoms with E-state index in [0.29, 0.717) is 6.42 Å². The smallest absolute Gasteiger partial charge is 0.243 e. The molecule has 0 aliphatic carbocycles. The van der Waals surface area contributed by atoms with Gasteiger partial charge in [0.05, 0.1) is 11.7 Å². The van der Waals surface area contributed by atoms with Crippen molar-refractivity contribution in [2.45, 2.75) is 32.4 Å². The zero-order chi connectivity index (χ0) is 18.5. The fourth-order valence-electron chi connectivity index (χ4n) is 3.00. The molecular formula is C20H22N4O2. The zero-order valence-corrected chi connectivity index (χ0v) is 14.8. The molecule has 0 unspecified atom stereocenters. The molecule has 0 spiro atoms. The van der Waals surface area contributed by atoms with Crippen molar-refractivity contribution < 1.29 is 9.59 Å². The van der Waals surface area contributed by atoms with Gasteiger partial charge in [-0.3, -0.25) is 14.6 Å². The lowest BCUT2D eigenvalue weighted by molar-refractivity contribution is -0.128. The van der Waals surface area contributed by atoms with Crippen LogP contribution in [0.25, 0.3) is 10.9 Å². The molecule has 2 atom stereocenters. The van der Waals surface area contributed by atoms with Gasteiger partial charge in [0.2, 0.25) is 11.8 Å². The minimum Gasteiger partial charge on any atom is -0.361 e. The zero-order valence-electron chi connectivity index (χ0n) is 14.8. The fourth-order valence-corrected chi connectivity index (χ4v) is 3.00. The van der Waals surface area contributed by atoms with Crippen LogP contribution in [0.15, 0.2) is 54.9 Å². The summed E-state index contributed by atoms with van der Waals surface area (Å²) in [6.45, 7) is 3.29.